The molecule has 0 saturated carbocycles. The second kappa shape index (κ2) is 7.40. The smallest absolute Gasteiger partial charge is 0.267 e. The van der Waals surface area contributed by atoms with E-state index >= 15 is 0 Å². The number of nitrogens with one attached hydrogen (secondary N) is 2. The highest BCUT2D eigenvalue weighted by molar-refractivity contribution is 6.01. The van der Waals surface area contributed by atoms with Gasteiger partial charge in [0.05, 0.1) is 0 Å². The summed E-state index contributed by atoms with van der Waals surface area (Å²) >= 11 is 0. The Morgan fingerprint density at radius 3 is 2.65 bits per heavy atom. The molecule has 0 unspecified atom stereocenters. The van der Waals surface area contributed by atoms with Gasteiger partial charge in [0.1, 0.15) is 17.3 Å². The van der Waals surface area contributed by atoms with Gasteiger partial charge in [0.2, 0.25) is 0 Å². The number of carbonyl (C=O) groups is 2. The predicted octanol–water partition coefficient (Wildman–Crippen LogP) is 3.67. The van der Waals surface area contributed by atoms with E-state index in [1.807, 2.05) is 6.92 Å². The van der Waals surface area contributed by atoms with E-state index in [1.54, 1.807) is 20.0 Å². The molecule has 1 aromatic carbocycles. The van der Waals surface area contributed by atoms with Gasteiger partial charge >= 0.3 is 0 Å². The molecule has 0 spiro atoms. The van der Waals surface area contributed by atoms with Gasteiger partial charge in [0, 0.05) is 30.8 Å². The number of ketones is 1. The van der Waals surface area contributed by atoms with Crippen LogP contribution in [0.25, 0.3) is 10.9 Å². The zero-order valence-electron chi connectivity index (χ0n) is 13.9. The van der Waals surface area contributed by atoms with Crippen LogP contribution in [-0.4, -0.2) is 23.7 Å². The number of aromatic nitrogens is 1. The Kier molecular flexibility index (Phi) is 5.53. The van der Waals surface area contributed by atoms with E-state index in [0.717, 1.165) is 17.4 Å². The van der Waals surface area contributed by atoms with Crippen molar-refractivity contribution < 1.29 is 14.0 Å². The molecular formula is C18H23FN2O2. The molecule has 2 rings (SSSR count). The molecule has 0 saturated heterocycles. The predicted molar refractivity (Wildman–Crippen MR) is 89.2 cm³/mol. The summed E-state index contributed by atoms with van der Waals surface area (Å²) in [6.45, 7) is 3.69. The molecule has 5 heteroatoms. The number of hydrogen-bond donors (Lipinski definition) is 2. The SMILES string of the molecule is CCCC(=O)CCCc1c(C(=O)NC)[nH]c2cc(F)c(C)cc12. The number of aryl methyl sites for hydroxylation is 2. The van der Waals surface area contributed by atoms with Gasteiger partial charge in [-0.05, 0) is 49.4 Å². The summed E-state index contributed by atoms with van der Waals surface area (Å²) in [4.78, 5) is 26.8. The summed E-state index contributed by atoms with van der Waals surface area (Å²) in [6.07, 6.45) is 3.26. The first-order chi connectivity index (χ1) is 11.0. The Morgan fingerprint density at radius 2 is 2.00 bits per heavy atom. The van der Waals surface area contributed by atoms with Gasteiger partial charge < -0.3 is 10.3 Å². The summed E-state index contributed by atoms with van der Waals surface area (Å²) in [5, 5.41) is 3.45. The largest absolute Gasteiger partial charge is 0.354 e. The first-order valence-electron chi connectivity index (χ1n) is 8.02. The minimum atomic E-state index is -0.299. The van der Waals surface area contributed by atoms with E-state index in [4.69, 9.17) is 0 Å². The van der Waals surface area contributed by atoms with Gasteiger partial charge in [-0.1, -0.05) is 6.92 Å². The number of Topliss-reactive ketones (excluding diaryl/α,β-unsaturated/α-hetero) is 1. The number of H-pyrrole nitrogens is 1. The number of aromatic amines is 1. The summed E-state index contributed by atoms with van der Waals surface area (Å²) in [7, 11) is 1.56. The summed E-state index contributed by atoms with van der Waals surface area (Å²) < 4.78 is 13.8. The second-order valence-electron chi connectivity index (χ2n) is 5.85. The topological polar surface area (TPSA) is 62.0 Å². The molecule has 0 aliphatic carbocycles. The van der Waals surface area contributed by atoms with Crippen molar-refractivity contribution in [1.82, 2.24) is 10.3 Å². The van der Waals surface area contributed by atoms with Crippen LogP contribution in [0.4, 0.5) is 4.39 Å². The van der Waals surface area contributed by atoms with Crippen molar-refractivity contribution in [1.29, 1.82) is 0 Å². The molecule has 23 heavy (non-hydrogen) atoms. The lowest BCUT2D eigenvalue weighted by Crippen LogP contribution is -2.19. The molecule has 0 fully saturated rings. The lowest BCUT2D eigenvalue weighted by molar-refractivity contribution is -0.119. The van der Waals surface area contributed by atoms with Gasteiger partial charge in [0.15, 0.2) is 0 Å². The fraction of sp³-hybridized carbons (Fsp3) is 0.444. The maximum atomic E-state index is 13.8. The van der Waals surface area contributed by atoms with Crippen molar-refractivity contribution in [3.8, 4) is 0 Å². The molecule has 1 aromatic heterocycles. The molecule has 0 bridgehead atoms. The van der Waals surface area contributed by atoms with Gasteiger partial charge in [0.25, 0.3) is 5.91 Å². The lowest BCUT2D eigenvalue weighted by Gasteiger charge is -2.05. The molecule has 0 aliphatic rings. The Balaban J connectivity index is 2.32. The average molecular weight is 318 g/mol. The summed E-state index contributed by atoms with van der Waals surface area (Å²) in [6, 6.07) is 3.18. The minimum absolute atomic E-state index is 0.228. The van der Waals surface area contributed by atoms with Crippen LogP contribution in [0.15, 0.2) is 12.1 Å². The number of benzene rings is 1. The Bertz CT molecular complexity index is 734. The van der Waals surface area contributed by atoms with E-state index in [0.29, 0.717) is 42.5 Å². The van der Waals surface area contributed by atoms with Crippen LogP contribution in [0.1, 0.15) is 54.2 Å². The maximum Gasteiger partial charge on any atom is 0.267 e. The van der Waals surface area contributed by atoms with Crippen LogP contribution >= 0.6 is 0 Å². The van der Waals surface area contributed by atoms with Crippen molar-refractivity contribution in [2.45, 2.75) is 46.0 Å². The number of halogens is 1. The van der Waals surface area contributed by atoms with Crippen molar-refractivity contribution in [2.75, 3.05) is 7.05 Å². The first-order valence-corrected chi connectivity index (χ1v) is 8.02. The average Bonchev–Trinajstić information content (AvgIpc) is 2.85. The third-order valence-electron chi connectivity index (χ3n) is 4.05. The van der Waals surface area contributed by atoms with E-state index in [9.17, 15) is 14.0 Å². The zero-order valence-corrected chi connectivity index (χ0v) is 13.9. The lowest BCUT2D eigenvalue weighted by atomic mass is 10.0. The van der Waals surface area contributed by atoms with Crippen molar-refractivity contribution in [3.05, 3.63) is 34.8 Å². The number of hydrogen-bond acceptors (Lipinski definition) is 2. The van der Waals surface area contributed by atoms with E-state index < -0.39 is 0 Å². The van der Waals surface area contributed by atoms with Crippen LogP contribution in [0.5, 0.6) is 0 Å². The standard InChI is InChI=1S/C18H23FN2O2/c1-4-6-12(22)7-5-8-13-14-9-11(2)15(19)10-16(14)21-17(13)18(23)20-3/h9-10,21H,4-8H2,1-3H3,(H,20,23). The molecule has 2 aromatic rings. The maximum absolute atomic E-state index is 13.8. The van der Waals surface area contributed by atoms with Gasteiger partial charge in [-0.3, -0.25) is 9.59 Å². The normalized spacial score (nSPS) is 11.0. The van der Waals surface area contributed by atoms with Crippen LogP contribution in [0, 0.1) is 12.7 Å². The number of amides is 1. The first kappa shape index (κ1) is 17.2. The van der Waals surface area contributed by atoms with Crippen molar-refractivity contribution in [2.24, 2.45) is 0 Å². The van der Waals surface area contributed by atoms with E-state index in [-0.39, 0.29) is 17.5 Å². The van der Waals surface area contributed by atoms with Gasteiger partial charge in [-0.15, -0.1) is 0 Å². The molecule has 0 radical (unpaired) electrons. The highest BCUT2D eigenvalue weighted by Crippen LogP contribution is 2.27. The van der Waals surface area contributed by atoms with E-state index in [2.05, 4.69) is 10.3 Å². The molecule has 0 aliphatic heterocycles. The fourth-order valence-corrected chi connectivity index (χ4v) is 2.82. The van der Waals surface area contributed by atoms with Crippen molar-refractivity contribution >= 4 is 22.6 Å². The second-order valence-corrected chi connectivity index (χ2v) is 5.85. The molecular weight excluding hydrogens is 295 g/mol. The van der Waals surface area contributed by atoms with Crippen LogP contribution < -0.4 is 5.32 Å². The third-order valence-corrected chi connectivity index (χ3v) is 4.05. The Labute approximate surface area is 135 Å². The Hall–Kier alpha value is -2.17. The number of rotatable bonds is 7. The highest BCUT2D eigenvalue weighted by atomic mass is 19.1. The zero-order chi connectivity index (χ0) is 17.0. The molecule has 4 nitrogen and oxygen atoms in total. The number of fused-ring (bicyclic) bond motifs is 1. The monoisotopic (exact) mass is 318 g/mol. The van der Waals surface area contributed by atoms with E-state index in [1.165, 1.54) is 6.07 Å². The van der Waals surface area contributed by atoms with Crippen molar-refractivity contribution in [3.63, 3.8) is 0 Å². The quantitative estimate of drug-likeness (QED) is 0.818. The molecule has 1 heterocycles. The summed E-state index contributed by atoms with van der Waals surface area (Å²) in [5.41, 5.74) is 2.46. The van der Waals surface area contributed by atoms with Crippen LogP contribution in [0.2, 0.25) is 0 Å². The molecule has 1 amide bonds. The van der Waals surface area contributed by atoms with Gasteiger partial charge in [-0.25, -0.2) is 4.39 Å². The minimum Gasteiger partial charge on any atom is -0.354 e. The summed E-state index contributed by atoms with van der Waals surface area (Å²) in [5.74, 6) is -0.280. The molecule has 2 N–H and O–H groups in total. The highest BCUT2D eigenvalue weighted by Gasteiger charge is 2.18. The fourth-order valence-electron chi connectivity index (χ4n) is 2.82. The number of carbonyl (C=O) groups excluding carboxylic acids is 2. The van der Waals surface area contributed by atoms with Crippen LogP contribution in [-0.2, 0) is 11.2 Å². The molecule has 124 valence electrons. The van der Waals surface area contributed by atoms with Gasteiger partial charge in [-0.2, -0.15) is 0 Å². The molecule has 0 atom stereocenters. The third kappa shape index (κ3) is 3.78. The Morgan fingerprint density at radius 1 is 1.26 bits per heavy atom. The van der Waals surface area contributed by atoms with Crippen LogP contribution in [0.3, 0.4) is 0 Å².